The summed E-state index contributed by atoms with van der Waals surface area (Å²) in [7, 11) is 0. The molecule has 0 spiro atoms. The number of halogens is 2. The molecule has 3 aromatic heterocycles. The summed E-state index contributed by atoms with van der Waals surface area (Å²) in [6, 6.07) is 8.72. The number of aromatic nitrogens is 7. The predicted octanol–water partition coefficient (Wildman–Crippen LogP) is 2.01. The van der Waals surface area contributed by atoms with Crippen LogP contribution in [0.5, 0.6) is 0 Å². The van der Waals surface area contributed by atoms with Gasteiger partial charge in [0.15, 0.2) is 0 Å². The van der Waals surface area contributed by atoms with E-state index in [9.17, 15) is 13.6 Å². The van der Waals surface area contributed by atoms with Crippen molar-refractivity contribution < 1.29 is 13.6 Å². The van der Waals surface area contributed by atoms with Crippen LogP contribution in [0.4, 0.5) is 14.7 Å². The molecule has 3 aliphatic rings. The molecule has 0 bridgehead atoms. The zero-order chi connectivity index (χ0) is 30.0. The highest BCUT2D eigenvalue weighted by Crippen LogP contribution is 2.27. The second-order valence-corrected chi connectivity index (χ2v) is 11.8. The Balaban J connectivity index is 1.06. The molecule has 1 aliphatic carbocycles. The third kappa shape index (κ3) is 6.31. The molecule has 12 nitrogen and oxygen atoms in total. The van der Waals surface area contributed by atoms with E-state index in [2.05, 4.69) is 59.9 Å². The highest BCUT2D eigenvalue weighted by atomic mass is 19.3. The lowest BCUT2D eigenvalue weighted by atomic mass is 10.1. The van der Waals surface area contributed by atoms with Crippen molar-refractivity contribution in [3.63, 3.8) is 0 Å². The SMILES string of the molecule is O=C(Cn1cc(-c2cnc(NC3Cc4ccccc4C3)nc2)c(CN2CCN(CC(F)F)CC2)n1)N1CCc2n[nH]nc2C1. The lowest BCUT2D eigenvalue weighted by Gasteiger charge is -2.34. The summed E-state index contributed by atoms with van der Waals surface area (Å²) >= 11 is 0. The molecule has 2 N–H and O–H groups in total. The number of carbonyl (C=O) groups excluding carboxylic acids is 1. The van der Waals surface area contributed by atoms with Gasteiger partial charge in [-0.05, 0) is 24.0 Å². The molecule has 5 heterocycles. The van der Waals surface area contributed by atoms with Gasteiger partial charge in [0, 0.05) is 81.4 Å². The minimum atomic E-state index is -2.33. The number of amides is 1. The van der Waals surface area contributed by atoms with Gasteiger partial charge in [-0.15, -0.1) is 0 Å². The lowest BCUT2D eigenvalue weighted by molar-refractivity contribution is -0.133. The molecule has 14 heteroatoms. The average molecular weight is 604 g/mol. The third-order valence-electron chi connectivity index (χ3n) is 8.73. The van der Waals surface area contributed by atoms with Crippen molar-refractivity contribution >= 4 is 11.9 Å². The van der Waals surface area contributed by atoms with Crippen molar-refractivity contribution in [1.29, 1.82) is 0 Å². The summed E-state index contributed by atoms with van der Waals surface area (Å²) in [4.78, 5) is 28.3. The smallest absolute Gasteiger partial charge is 0.251 e. The molecule has 0 atom stereocenters. The average Bonchev–Trinajstić information content (AvgIpc) is 3.76. The van der Waals surface area contributed by atoms with Gasteiger partial charge >= 0.3 is 0 Å². The maximum absolute atomic E-state index is 13.3. The largest absolute Gasteiger partial charge is 0.351 e. The standard InChI is InChI=1S/C30H35F2N11O/c31-28(32)18-41-9-7-40(8-10-41)16-26-24(15-43(38-26)19-29(44)42-6-5-25-27(17-42)37-39-36-25)22-13-33-30(34-14-22)35-23-11-20-3-1-2-4-21(20)12-23/h1-4,13-15,23,28H,5-12,16-19H2,(H,33,34,35)(H,36,37,39). The summed E-state index contributed by atoms with van der Waals surface area (Å²) in [5, 5.41) is 19.3. The highest BCUT2D eigenvalue weighted by Gasteiger charge is 2.26. The number of nitrogens with one attached hydrogen (secondary N) is 2. The van der Waals surface area contributed by atoms with E-state index in [4.69, 9.17) is 5.10 Å². The first kappa shape index (κ1) is 28.5. The Kier molecular flexibility index (Phi) is 8.00. The number of benzene rings is 1. The number of H-pyrrole nitrogens is 1. The van der Waals surface area contributed by atoms with Gasteiger partial charge in [0.2, 0.25) is 11.9 Å². The maximum Gasteiger partial charge on any atom is 0.251 e. The second-order valence-electron chi connectivity index (χ2n) is 11.8. The van der Waals surface area contributed by atoms with Crippen LogP contribution in [0.25, 0.3) is 11.1 Å². The minimum absolute atomic E-state index is 0.0479. The third-order valence-corrected chi connectivity index (χ3v) is 8.73. The molecule has 1 fully saturated rings. The van der Waals surface area contributed by atoms with E-state index in [0.29, 0.717) is 58.2 Å². The number of rotatable bonds is 9. The van der Waals surface area contributed by atoms with E-state index in [1.165, 1.54) is 11.1 Å². The van der Waals surface area contributed by atoms with Gasteiger partial charge in [-0.3, -0.25) is 19.3 Å². The Hall–Kier alpha value is -4.30. The summed E-state index contributed by atoms with van der Waals surface area (Å²) in [6.45, 7) is 3.89. The van der Waals surface area contributed by atoms with Crippen LogP contribution in [0, 0.1) is 0 Å². The Bertz CT molecular complexity index is 1570. The van der Waals surface area contributed by atoms with Gasteiger partial charge in [0.1, 0.15) is 12.2 Å². The zero-order valence-electron chi connectivity index (χ0n) is 24.4. The molecule has 0 saturated carbocycles. The number of aromatic amines is 1. The molecule has 1 aromatic carbocycles. The van der Waals surface area contributed by atoms with Gasteiger partial charge in [0.05, 0.1) is 24.5 Å². The van der Waals surface area contributed by atoms with Crippen molar-refractivity contribution in [2.75, 3.05) is 44.6 Å². The van der Waals surface area contributed by atoms with Crippen LogP contribution < -0.4 is 5.32 Å². The van der Waals surface area contributed by atoms with E-state index in [0.717, 1.165) is 41.1 Å². The molecular weight excluding hydrogens is 568 g/mol. The van der Waals surface area contributed by atoms with Crippen LogP contribution in [0.2, 0.25) is 0 Å². The molecule has 0 unspecified atom stereocenters. The number of fused-ring (bicyclic) bond motifs is 2. The number of anilines is 1. The summed E-state index contributed by atoms with van der Waals surface area (Å²) in [5.41, 5.74) is 6.87. The Morgan fingerprint density at radius 3 is 2.41 bits per heavy atom. The summed E-state index contributed by atoms with van der Waals surface area (Å²) < 4.78 is 27.4. The second kappa shape index (κ2) is 12.4. The fourth-order valence-electron chi connectivity index (χ4n) is 6.38. The molecule has 1 saturated heterocycles. The lowest BCUT2D eigenvalue weighted by Crippen LogP contribution is -2.47. The quantitative estimate of drug-likeness (QED) is 0.296. The minimum Gasteiger partial charge on any atom is -0.351 e. The Morgan fingerprint density at radius 2 is 1.68 bits per heavy atom. The number of hydrogen-bond acceptors (Lipinski definition) is 9. The molecule has 44 heavy (non-hydrogen) atoms. The molecule has 2 aliphatic heterocycles. The molecule has 1 amide bonds. The predicted molar refractivity (Wildman–Crippen MR) is 158 cm³/mol. The number of alkyl halides is 2. The Labute approximate surface area is 253 Å². The first-order valence-electron chi connectivity index (χ1n) is 15.1. The fraction of sp³-hybridized carbons (Fsp3) is 0.467. The van der Waals surface area contributed by atoms with Crippen molar-refractivity contribution in [2.24, 2.45) is 0 Å². The number of nitrogens with zero attached hydrogens (tertiary/aromatic N) is 9. The number of hydrogen-bond donors (Lipinski definition) is 2. The fourth-order valence-corrected chi connectivity index (χ4v) is 6.38. The number of carbonyl (C=O) groups is 1. The van der Waals surface area contributed by atoms with Gasteiger partial charge in [-0.2, -0.15) is 20.5 Å². The van der Waals surface area contributed by atoms with Crippen molar-refractivity contribution in [2.45, 2.75) is 51.4 Å². The van der Waals surface area contributed by atoms with Gasteiger partial charge in [0.25, 0.3) is 6.43 Å². The van der Waals surface area contributed by atoms with Crippen molar-refractivity contribution in [3.8, 4) is 11.1 Å². The molecule has 4 aromatic rings. The Morgan fingerprint density at radius 1 is 0.977 bits per heavy atom. The van der Waals surface area contributed by atoms with Crippen molar-refractivity contribution in [1.82, 2.24) is 49.9 Å². The highest BCUT2D eigenvalue weighted by molar-refractivity contribution is 5.76. The summed E-state index contributed by atoms with van der Waals surface area (Å²) in [6.07, 6.45) is 5.67. The van der Waals surface area contributed by atoms with E-state index in [1.807, 2.05) is 6.20 Å². The van der Waals surface area contributed by atoms with E-state index >= 15 is 0 Å². The van der Waals surface area contributed by atoms with Gasteiger partial charge in [-0.25, -0.2) is 18.7 Å². The number of piperazine rings is 1. The van der Waals surface area contributed by atoms with E-state index < -0.39 is 6.43 Å². The first-order valence-corrected chi connectivity index (χ1v) is 15.1. The van der Waals surface area contributed by atoms with Crippen LogP contribution in [0.1, 0.15) is 28.2 Å². The summed E-state index contributed by atoms with van der Waals surface area (Å²) in [5.74, 6) is 0.524. The zero-order valence-corrected chi connectivity index (χ0v) is 24.4. The van der Waals surface area contributed by atoms with Crippen LogP contribution in [0.3, 0.4) is 0 Å². The molecule has 0 radical (unpaired) electrons. The monoisotopic (exact) mass is 603 g/mol. The molecular formula is C30H35F2N11O. The molecule has 7 rings (SSSR count). The van der Waals surface area contributed by atoms with E-state index in [1.54, 1.807) is 26.9 Å². The first-order chi connectivity index (χ1) is 21.5. The van der Waals surface area contributed by atoms with Crippen LogP contribution in [0.15, 0.2) is 42.9 Å². The van der Waals surface area contributed by atoms with Gasteiger partial charge in [-0.1, -0.05) is 24.3 Å². The van der Waals surface area contributed by atoms with Crippen LogP contribution in [-0.4, -0.2) is 108 Å². The van der Waals surface area contributed by atoms with E-state index in [-0.39, 0.29) is 25.0 Å². The van der Waals surface area contributed by atoms with Crippen LogP contribution in [-0.2, 0) is 43.7 Å². The van der Waals surface area contributed by atoms with Crippen LogP contribution >= 0.6 is 0 Å². The van der Waals surface area contributed by atoms with Crippen molar-refractivity contribution in [3.05, 3.63) is 71.1 Å². The maximum atomic E-state index is 13.3. The normalized spacial score (nSPS) is 17.7. The molecule has 230 valence electrons. The topological polar surface area (TPSA) is 124 Å². The van der Waals surface area contributed by atoms with Gasteiger partial charge < -0.3 is 10.2 Å².